The number of phenolic OH excluding ortho intramolecular Hbond substituents is 1. The Morgan fingerprint density at radius 2 is 1.07 bits per heavy atom. The van der Waals surface area contributed by atoms with E-state index in [1.807, 2.05) is 65.8 Å². The molecule has 0 spiro atoms. The second-order valence-corrected chi connectivity index (χ2v) is 11.1. The van der Waals surface area contributed by atoms with Crippen LogP contribution in [0.1, 0.15) is 96.0 Å². The van der Waals surface area contributed by atoms with Crippen LogP contribution < -0.4 is 0 Å². The van der Waals surface area contributed by atoms with Crippen LogP contribution in [0.25, 0.3) is 0 Å². The summed E-state index contributed by atoms with van der Waals surface area (Å²) in [4.78, 5) is 0. The smallest absolute Gasteiger partial charge is 0.249 e. The molecule has 0 aliphatic carbocycles. The van der Waals surface area contributed by atoms with Crippen LogP contribution in [-0.4, -0.2) is 11.5 Å². The van der Waals surface area contributed by atoms with E-state index in [4.69, 9.17) is 0 Å². The molecule has 0 aliphatic heterocycles. The Morgan fingerprint density at radius 1 is 0.655 bits per heavy atom. The van der Waals surface area contributed by atoms with E-state index in [1.54, 1.807) is 12.1 Å². The maximum absolute atomic E-state index is 14.3. The molecule has 1 atom stereocenters. The fraction of sp³-hybridized carbons (Fsp3) is 0.538. The number of alkyl halides is 2. The first-order valence-electron chi connectivity index (χ1n) is 10.3. The molecule has 0 radical (unpaired) electrons. The van der Waals surface area contributed by atoms with Crippen molar-refractivity contribution >= 4 is 0 Å². The average Bonchev–Trinajstić information content (AvgIpc) is 2.53. The van der Waals surface area contributed by atoms with E-state index in [0.29, 0.717) is 22.3 Å². The zero-order valence-corrected chi connectivity index (χ0v) is 19.3. The molecule has 29 heavy (non-hydrogen) atoms. The summed E-state index contributed by atoms with van der Waals surface area (Å²) in [5.74, 6) is -0.823. The van der Waals surface area contributed by atoms with Crippen molar-refractivity contribution in [3.8, 4) is 5.75 Å². The number of phenols is 1. The molecule has 160 valence electrons. The van der Waals surface area contributed by atoms with Crippen LogP contribution in [0.2, 0.25) is 0 Å². The molecule has 0 bridgehead atoms. The van der Waals surface area contributed by atoms with E-state index < -0.39 is 12.3 Å². The Hall–Kier alpha value is -1.90. The number of hydrogen-bond donors (Lipinski definition) is 1. The highest BCUT2D eigenvalue weighted by atomic mass is 19.3. The van der Waals surface area contributed by atoms with Crippen LogP contribution in [0.4, 0.5) is 8.78 Å². The molecule has 0 heterocycles. The highest BCUT2D eigenvalue weighted by Crippen LogP contribution is 2.43. The van der Waals surface area contributed by atoms with Gasteiger partial charge in [-0.2, -0.15) is 0 Å². The highest BCUT2D eigenvalue weighted by molar-refractivity contribution is 5.52. The van der Waals surface area contributed by atoms with E-state index in [9.17, 15) is 13.9 Å². The first-order chi connectivity index (χ1) is 13.0. The van der Waals surface area contributed by atoms with Gasteiger partial charge in [-0.1, -0.05) is 98.7 Å². The predicted octanol–water partition coefficient (Wildman–Crippen LogP) is 7.68. The van der Waals surface area contributed by atoms with Crippen LogP contribution in [-0.2, 0) is 16.2 Å². The maximum atomic E-state index is 14.3. The summed E-state index contributed by atoms with van der Waals surface area (Å²) in [5, 5.41) is 10.9. The van der Waals surface area contributed by atoms with Crippen molar-refractivity contribution in [2.75, 3.05) is 0 Å². The normalized spacial score (nSPS) is 14.3. The lowest BCUT2D eigenvalue weighted by Gasteiger charge is -2.30. The van der Waals surface area contributed by atoms with E-state index >= 15 is 0 Å². The molecule has 0 aromatic heterocycles. The third kappa shape index (κ3) is 5.18. The summed E-state index contributed by atoms with van der Waals surface area (Å²) in [7, 11) is 0. The minimum Gasteiger partial charge on any atom is -0.507 e. The van der Waals surface area contributed by atoms with Gasteiger partial charge in [0.25, 0.3) is 0 Å². The minimum absolute atomic E-state index is 0.0315. The van der Waals surface area contributed by atoms with Crippen LogP contribution >= 0.6 is 0 Å². The zero-order chi connectivity index (χ0) is 22.4. The van der Waals surface area contributed by atoms with Crippen molar-refractivity contribution in [3.05, 3.63) is 64.2 Å². The molecule has 0 amide bonds. The Kier molecular flexibility index (Phi) is 6.24. The van der Waals surface area contributed by atoms with Gasteiger partial charge in [-0.25, -0.2) is 8.78 Å². The fourth-order valence-corrected chi connectivity index (χ4v) is 3.65. The second-order valence-electron chi connectivity index (χ2n) is 11.1. The van der Waals surface area contributed by atoms with E-state index in [2.05, 4.69) is 20.8 Å². The molecule has 1 nitrogen and oxygen atoms in total. The molecule has 1 unspecified atom stereocenters. The molecule has 3 heteroatoms. The Balaban J connectivity index is 2.70. The van der Waals surface area contributed by atoms with Crippen molar-refractivity contribution < 1.29 is 13.9 Å². The van der Waals surface area contributed by atoms with E-state index in [1.165, 1.54) is 0 Å². The highest BCUT2D eigenvalue weighted by Gasteiger charge is 2.31. The van der Waals surface area contributed by atoms with Crippen molar-refractivity contribution in [1.82, 2.24) is 0 Å². The molecule has 2 aromatic rings. The summed E-state index contributed by atoms with van der Waals surface area (Å²) in [5.41, 5.74) is 2.93. The lowest BCUT2D eigenvalue weighted by molar-refractivity contribution is 0.128. The standard InChI is InChI=1S/C26H36F2O/c1-24(2,3)18-12-10-16(11-13-18)21(23(27)28)17-14-19(25(4,5)6)22(29)20(15-17)26(7,8)9/h10-15,21,23,29H,1-9H3. The van der Waals surface area contributed by atoms with Crippen molar-refractivity contribution in [1.29, 1.82) is 0 Å². The lowest BCUT2D eigenvalue weighted by atomic mass is 9.76. The Bertz CT molecular complexity index is 809. The van der Waals surface area contributed by atoms with Gasteiger partial charge in [0.05, 0.1) is 5.92 Å². The van der Waals surface area contributed by atoms with Gasteiger partial charge >= 0.3 is 0 Å². The molecule has 0 saturated heterocycles. The molecule has 2 aromatic carbocycles. The SMILES string of the molecule is CC(C)(C)c1ccc(C(c2cc(C(C)(C)C)c(O)c(C(C)(C)C)c2)C(F)F)cc1. The van der Waals surface area contributed by atoms with Crippen LogP contribution in [0.3, 0.4) is 0 Å². The van der Waals surface area contributed by atoms with Gasteiger partial charge in [0.15, 0.2) is 0 Å². The van der Waals surface area contributed by atoms with Crippen LogP contribution in [0, 0.1) is 0 Å². The maximum Gasteiger partial charge on any atom is 0.249 e. The first kappa shape index (κ1) is 23.4. The predicted molar refractivity (Wildman–Crippen MR) is 118 cm³/mol. The lowest BCUT2D eigenvalue weighted by Crippen LogP contribution is -2.20. The number of rotatable bonds is 3. The van der Waals surface area contributed by atoms with E-state index in [-0.39, 0.29) is 22.0 Å². The molecule has 0 aliphatic rings. The molecule has 0 fully saturated rings. The molecular weight excluding hydrogens is 366 g/mol. The van der Waals surface area contributed by atoms with Crippen molar-refractivity contribution in [3.63, 3.8) is 0 Å². The van der Waals surface area contributed by atoms with Gasteiger partial charge in [-0.15, -0.1) is 0 Å². The molecule has 1 N–H and O–H groups in total. The summed E-state index contributed by atoms with van der Waals surface area (Å²) < 4.78 is 28.6. The summed E-state index contributed by atoms with van der Waals surface area (Å²) in [6, 6.07) is 11.1. The fourth-order valence-electron chi connectivity index (χ4n) is 3.65. The van der Waals surface area contributed by atoms with Crippen molar-refractivity contribution in [2.24, 2.45) is 0 Å². The van der Waals surface area contributed by atoms with Gasteiger partial charge in [0.1, 0.15) is 5.75 Å². The van der Waals surface area contributed by atoms with Gasteiger partial charge in [-0.3, -0.25) is 0 Å². The Morgan fingerprint density at radius 3 is 1.38 bits per heavy atom. The monoisotopic (exact) mass is 402 g/mol. The minimum atomic E-state index is -2.54. The number of hydrogen-bond acceptors (Lipinski definition) is 1. The topological polar surface area (TPSA) is 20.2 Å². The van der Waals surface area contributed by atoms with Crippen LogP contribution in [0.15, 0.2) is 36.4 Å². The van der Waals surface area contributed by atoms with Gasteiger partial charge in [0.2, 0.25) is 6.43 Å². The molecule has 2 rings (SSSR count). The number of halogens is 2. The second kappa shape index (κ2) is 7.74. The third-order valence-corrected chi connectivity index (χ3v) is 5.50. The summed E-state index contributed by atoms with van der Waals surface area (Å²) in [6.07, 6.45) is -2.54. The molecular formula is C26H36F2O. The van der Waals surface area contributed by atoms with Crippen molar-refractivity contribution in [2.45, 2.75) is 90.9 Å². The Labute approximate surface area is 175 Å². The molecule has 0 saturated carbocycles. The first-order valence-corrected chi connectivity index (χ1v) is 10.3. The largest absolute Gasteiger partial charge is 0.507 e. The van der Waals surface area contributed by atoms with Gasteiger partial charge in [0, 0.05) is 0 Å². The zero-order valence-electron chi connectivity index (χ0n) is 19.3. The summed E-state index contributed by atoms with van der Waals surface area (Å²) in [6.45, 7) is 18.3. The van der Waals surface area contributed by atoms with E-state index in [0.717, 1.165) is 5.56 Å². The number of aromatic hydroxyl groups is 1. The van der Waals surface area contributed by atoms with Gasteiger partial charge < -0.3 is 5.11 Å². The summed E-state index contributed by atoms with van der Waals surface area (Å²) >= 11 is 0. The van der Waals surface area contributed by atoms with Crippen LogP contribution in [0.5, 0.6) is 5.75 Å². The number of benzene rings is 2. The third-order valence-electron chi connectivity index (χ3n) is 5.50. The van der Waals surface area contributed by atoms with Gasteiger partial charge in [-0.05, 0) is 44.1 Å². The average molecular weight is 403 g/mol. The quantitative estimate of drug-likeness (QED) is 0.558.